The SMILES string of the molecule is COc1c(C(C)Nc2ncnc3[nH]cnc23)cc(Cl)c(C)c1-c1ccc(C(C)(C)O)nc1. The molecule has 3 aromatic heterocycles. The summed E-state index contributed by atoms with van der Waals surface area (Å²) in [5, 5.41) is 14.2. The highest BCUT2D eigenvalue weighted by Crippen LogP contribution is 2.43. The van der Waals surface area contributed by atoms with Gasteiger partial charge in [-0.15, -0.1) is 0 Å². The van der Waals surface area contributed by atoms with Crippen molar-refractivity contribution in [3.63, 3.8) is 0 Å². The van der Waals surface area contributed by atoms with Crippen molar-refractivity contribution in [3.05, 3.63) is 58.9 Å². The predicted octanol–water partition coefficient (Wildman–Crippen LogP) is 4.79. The summed E-state index contributed by atoms with van der Waals surface area (Å²) in [5.74, 6) is 1.30. The molecule has 0 spiro atoms. The number of anilines is 1. The third-order valence-corrected chi connectivity index (χ3v) is 5.82. The molecular formula is C23H25ClN6O2. The minimum atomic E-state index is -1.02. The molecule has 0 radical (unpaired) electrons. The second-order valence-corrected chi connectivity index (χ2v) is 8.57. The smallest absolute Gasteiger partial charge is 0.162 e. The number of rotatable bonds is 6. The molecule has 3 N–H and O–H groups in total. The van der Waals surface area contributed by atoms with E-state index < -0.39 is 5.60 Å². The monoisotopic (exact) mass is 452 g/mol. The van der Waals surface area contributed by atoms with Crippen LogP contribution in [0.3, 0.4) is 0 Å². The number of benzene rings is 1. The Morgan fingerprint density at radius 3 is 2.62 bits per heavy atom. The van der Waals surface area contributed by atoms with E-state index in [2.05, 4.69) is 30.2 Å². The second-order valence-electron chi connectivity index (χ2n) is 8.16. The first-order valence-corrected chi connectivity index (χ1v) is 10.6. The fourth-order valence-electron chi connectivity index (χ4n) is 3.69. The molecule has 4 rings (SSSR count). The standard InChI is InChI=1S/C23H25ClN6O2/c1-12-16(24)8-15(13(2)30-22-19-21(27-10-26-19)28-11-29-22)20(32-5)18(12)14-6-7-17(25-9-14)23(3,4)31/h6-11,13,31H,1-5H3,(H2,26,27,28,29,30). The van der Waals surface area contributed by atoms with Crippen LogP contribution < -0.4 is 10.1 Å². The van der Waals surface area contributed by atoms with Crippen LogP contribution in [0.25, 0.3) is 22.3 Å². The van der Waals surface area contributed by atoms with Crippen molar-refractivity contribution < 1.29 is 9.84 Å². The van der Waals surface area contributed by atoms with E-state index in [0.29, 0.717) is 33.4 Å². The van der Waals surface area contributed by atoms with Gasteiger partial charge in [0.2, 0.25) is 0 Å². The molecule has 166 valence electrons. The van der Waals surface area contributed by atoms with E-state index in [1.165, 1.54) is 6.33 Å². The Kier molecular flexibility index (Phi) is 5.75. The maximum absolute atomic E-state index is 10.2. The van der Waals surface area contributed by atoms with Gasteiger partial charge in [-0.25, -0.2) is 15.0 Å². The number of nitrogens with zero attached hydrogens (tertiary/aromatic N) is 4. The Labute approximate surface area is 191 Å². The van der Waals surface area contributed by atoms with E-state index in [-0.39, 0.29) is 6.04 Å². The van der Waals surface area contributed by atoms with Crippen LogP contribution in [0.5, 0.6) is 5.75 Å². The van der Waals surface area contributed by atoms with Gasteiger partial charge in [-0.2, -0.15) is 0 Å². The minimum absolute atomic E-state index is 0.194. The van der Waals surface area contributed by atoms with Crippen LogP contribution in [0.2, 0.25) is 5.02 Å². The van der Waals surface area contributed by atoms with Crippen molar-refractivity contribution in [2.24, 2.45) is 0 Å². The highest BCUT2D eigenvalue weighted by Gasteiger charge is 2.23. The average molecular weight is 453 g/mol. The maximum Gasteiger partial charge on any atom is 0.162 e. The van der Waals surface area contributed by atoms with Crippen molar-refractivity contribution in [1.82, 2.24) is 24.9 Å². The Morgan fingerprint density at radius 1 is 1.19 bits per heavy atom. The summed E-state index contributed by atoms with van der Waals surface area (Å²) >= 11 is 6.64. The number of pyridine rings is 1. The van der Waals surface area contributed by atoms with Crippen molar-refractivity contribution in [2.45, 2.75) is 39.3 Å². The largest absolute Gasteiger partial charge is 0.496 e. The Bertz CT molecular complexity index is 1260. The van der Waals surface area contributed by atoms with Crippen LogP contribution in [0.4, 0.5) is 5.82 Å². The number of nitrogens with one attached hydrogen (secondary N) is 2. The molecule has 0 saturated carbocycles. The predicted molar refractivity (Wildman–Crippen MR) is 125 cm³/mol. The summed E-state index contributed by atoms with van der Waals surface area (Å²) in [6, 6.07) is 5.44. The molecule has 32 heavy (non-hydrogen) atoms. The zero-order valence-corrected chi connectivity index (χ0v) is 19.3. The number of aromatic nitrogens is 5. The molecular weight excluding hydrogens is 428 g/mol. The molecule has 1 unspecified atom stereocenters. The van der Waals surface area contributed by atoms with Gasteiger partial charge in [0.1, 0.15) is 23.2 Å². The average Bonchev–Trinajstić information content (AvgIpc) is 3.24. The Morgan fingerprint density at radius 2 is 1.97 bits per heavy atom. The summed E-state index contributed by atoms with van der Waals surface area (Å²) in [5.41, 5.74) is 4.32. The fourth-order valence-corrected chi connectivity index (χ4v) is 3.90. The molecule has 0 amide bonds. The molecule has 9 heteroatoms. The summed E-state index contributed by atoms with van der Waals surface area (Å²) in [4.78, 5) is 20.3. The molecule has 0 bridgehead atoms. The summed E-state index contributed by atoms with van der Waals surface area (Å²) < 4.78 is 5.87. The first kappa shape index (κ1) is 22.0. The number of hydrogen-bond acceptors (Lipinski definition) is 7. The molecule has 0 fully saturated rings. The first-order chi connectivity index (χ1) is 15.2. The van der Waals surface area contributed by atoms with Crippen molar-refractivity contribution in [1.29, 1.82) is 0 Å². The normalized spacial score (nSPS) is 12.7. The van der Waals surface area contributed by atoms with Crippen LogP contribution >= 0.6 is 11.6 Å². The zero-order chi connectivity index (χ0) is 23.0. The lowest BCUT2D eigenvalue weighted by Gasteiger charge is -2.23. The highest BCUT2D eigenvalue weighted by molar-refractivity contribution is 6.32. The van der Waals surface area contributed by atoms with Crippen LogP contribution in [-0.2, 0) is 5.60 Å². The van der Waals surface area contributed by atoms with E-state index >= 15 is 0 Å². The van der Waals surface area contributed by atoms with Crippen molar-refractivity contribution in [2.75, 3.05) is 12.4 Å². The molecule has 8 nitrogen and oxygen atoms in total. The molecule has 0 saturated heterocycles. The topological polar surface area (TPSA) is 109 Å². The zero-order valence-electron chi connectivity index (χ0n) is 18.6. The molecule has 4 aromatic rings. The number of fused-ring (bicyclic) bond motifs is 1. The fraction of sp³-hybridized carbons (Fsp3) is 0.304. The number of aliphatic hydroxyl groups is 1. The number of halogens is 1. The molecule has 1 atom stereocenters. The van der Waals surface area contributed by atoms with Crippen LogP contribution in [0.1, 0.15) is 43.6 Å². The van der Waals surface area contributed by atoms with Crippen LogP contribution in [-0.4, -0.2) is 37.1 Å². The van der Waals surface area contributed by atoms with Gasteiger partial charge in [-0.05, 0) is 45.4 Å². The number of imidazole rings is 1. The van der Waals surface area contributed by atoms with Crippen LogP contribution in [0, 0.1) is 6.92 Å². The Balaban J connectivity index is 1.78. The summed E-state index contributed by atoms with van der Waals surface area (Å²) in [7, 11) is 1.64. The highest BCUT2D eigenvalue weighted by atomic mass is 35.5. The van der Waals surface area contributed by atoms with Gasteiger partial charge in [-0.3, -0.25) is 4.98 Å². The lowest BCUT2D eigenvalue weighted by molar-refractivity contribution is 0.0739. The van der Waals surface area contributed by atoms with E-state index in [1.54, 1.807) is 33.5 Å². The first-order valence-electron chi connectivity index (χ1n) is 10.2. The number of H-pyrrole nitrogens is 1. The summed E-state index contributed by atoms with van der Waals surface area (Å²) in [6.45, 7) is 7.36. The third kappa shape index (κ3) is 3.99. The van der Waals surface area contributed by atoms with E-state index in [0.717, 1.165) is 22.3 Å². The third-order valence-electron chi connectivity index (χ3n) is 5.42. The van der Waals surface area contributed by atoms with Gasteiger partial charge >= 0.3 is 0 Å². The van der Waals surface area contributed by atoms with Crippen molar-refractivity contribution in [3.8, 4) is 16.9 Å². The number of ether oxygens (including phenoxy) is 1. The van der Waals surface area contributed by atoms with Gasteiger partial charge in [0.15, 0.2) is 11.5 Å². The molecule has 0 aliphatic heterocycles. The molecule has 0 aliphatic rings. The number of methoxy groups -OCH3 is 1. The maximum atomic E-state index is 10.2. The van der Waals surface area contributed by atoms with Gasteiger partial charge in [0.05, 0.1) is 25.2 Å². The van der Waals surface area contributed by atoms with Gasteiger partial charge in [0.25, 0.3) is 0 Å². The van der Waals surface area contributed by atoms with Gasteiger partial charge < -0.3 is 20.1 Å². The van der Waals surface area contributed by atoms with Gasteiger partial charge in [0, 0.05) is 27.9 Å². The molecule has 0 aliphatic carbocycles. The minimum Gasteiger partial charge on any atom is -0.496 e. The Hall–Kier alpha value is -3.23. The van der Waals surface area contributed by atoms with Crippen LogP contribution in [0.15, 0.2) is 37.1 Å². The van der Waals surface area contributed by atoms with Crippen molar-refractivity contribution >= 4 is 28.6 Å². The molecule has 3 heterocycles. The lowest BCUT2D eigenvalue weighted by Crippen LogP contribution is -2.17. The quantitative estimate of drug-likeness (QED) is 0.386. The number of hydrogen-bond donors (Lipinski definition) is 3. The second kappa shape index (κ2) is 8.37. The summed E-state index contributed by atoms with van der Waals surface area (Å²) in [6.07, 6.45) is 4.80. The van der Waals surface area contributed by atoms with E-state index in [4.69, 9.17) is 16.3 Å². The molecule has 1 aromatic carbocycles. The van der Waals surface area contributed by atoms with E-state index in [1.807, 2.05) is 32.0 Å². The lowest BCUT2D eigenvalue weighted by atomic mass is 9.94. The van der Waals surface area contributed by atoms with E-state index in [9.17, 15) is 5.11 Å². The van der Waals surface area contributed by atoms with Gasteiger partial charge in [-0.1, -0.05) is 17.7 Å². The number of aromatic amines is 1.